The number of ketones is 1. The summed E-state index contributed by atoms with van der Waals surface area (Å²) in [6, 6.07) is 5.95. The molecule has 0 saturated carbocycles. The highest BCUT2D eigenvalue weighted by Crippen LogP contribution is 2.37. The highest BCUT2D eigenvalue weighted by Gasteiger charge is 2.23. The minimum absolute atomic E-state index is 0.112. The number of hydrogen-bond acceptors (Lipinski definition) is 6. The molecule has 2 aromatic rings. The topological polar surface area (TPSA) is 78.9 Å². The maximum atomic E-state index is 12.5. The first-order valence-corrected chi connectivity index (χ1v) is 7.77. The van der Waals surface area contributed by atoms with Crippen molar-refractivity contribution in [3.63, 3.8) is 0 Å². The molecule has 2 aromatic heterocycles. The highest BCUT2D eigenvalue weighted by atomic mass is 32.1. The van der Waals surface area contributed by atoms with Gasteiger partial charge >= 0.3 is 0 Å². The van der Waals surface area contributed by atoms with E-state index in [-0.39, 0.29) is 17.5 Å². The number of carbonyl (C=O) groups is 1. The van der Waals surface area contributed by atoms with Gasteiger partial charge in [0.25, 0.3) is 0 Å². The van der Waals surface area contributed by atoms with Crippen molar-refractivity contribution in [2.75, 3.05) is 11.1 Å². The lowest BCUT2D eigenvalue weighted by molar-refractivity contribution is 0.104. The first kappa shape index (κ1) is 14.6. The molecule has 0 aliphatic carbocycles. The van der Waals surface area contributed by atoms with E-state index in [9.17, 15) is 10.1 Å². The minimum Gasteiger partial charge on any atom is -0.396 e. The number of hydrogen-bond donors (Lipinski definition) is 2. The molecule has 0 saturated heterocycles. The molecule has 0 unspecified atom stereocenters. The molecular formula is C14H15N3OS2. The third-order valence-corrected chi connectivity index (χ3v) is 4.78. The molecule has 2 heterocycles. The van der Waals surface area contributed by atoms with Gasteiger partial charge in [-0.3, -0.25) is 4.79 Å². The maximum Gasteiger partial charge on any atom is 0.215 e. The van der Waals surface area contributed by atoms with Gasteiger partial charge in [0.2, 0.25) is 5.78 Å². The number of nitrogens with one attached hydrogen (secondary N) is 1. The van der Waals surface area contributed by atoms with Crippen molar-refractivity contribution >= 4 is 39.1 Å². The summed E-state index contributed by atoms with van der Waals surface area (Å²) in [4.78, 5) is 14.6. The number of carbonyl (C=O) groups excluding carboxylic acids is 1. The van der Waals surface area contributed by atoms with Gasteiger partial charge in [0.1, 0.15) is 21.5 Å². The van der Waals surface area contributed by atoms with Crippen LogP contribution in [-0.4, -0.2) is 11.8 Å². The predicted molar refractivity (Wildman–Crippen MR) is 84.7 cm³/mol. The van der Waals surface area contributed by atoms with Gasteiger partial charge in [-0.15, -0.1) is 22.7 Å². The molecule has 3 N–H and O–H groups in total. The second-order valence-electron chi connectivity index (χ2n) is 4.70. The summed E-state index contributed by atoms with van der Waals surface area (Å²) >= 11 is 2.68. The van der Waals surface area contributed by atoms with Crippen LogP contribution in [0, 0.1) is 18.3 Å². The molecule has 0 bridgehead atoms. The van der Waals surface area contributed by atoms with E-state index >= 15 is 0 Å². The quantitative estimate of drug-likeness (QED) is 0.846. The van der Waals surface area contributed by atoms with Crippen molar-refractivity contribution in [3.05, 3.63) is 32.3 Å². The largest absolute Gasteiger partial charge is 0.396 e. The molecule has 0 radical (unpaired) electrons. The van der Waals surface area contributed by atoms with Crippen molar-refractivity contribution in [2.45, 2.75) is 26.8 Å². The monoisotopic (exact) mass is 305 g/mol. The van der Waals surface area contributed by atoms with E-state index in [4.69, 9.17) is 5.73 Å². The van der Waals surface area contributed by atoms with E-state index < -0.39 is 0 Å². The smallest absolute Gasteiger partial charge is 0.215 e. The van der Waals surface area contributed by atoms with Gasteiger partial charge < -0.3 is 11.1 Å². The second-order valence-corrected chi connectivity index (χ2v) is 7.01. The fraction of sp³-hybridized carbons (Fsp3) is 0.286. The SMILES string of the molecule is Cc1ccc(C(=O)c2sc(NC(C)C)c(C#N)c2N)s1. The Morgan fingerprint density at radius 2 is 2.10 bits per heavy atom. The molecule has 20 heavy (non-hydrogen) atoms. The first-order chi connectivity index (χ1) is 9.43. The van der Waals surface area contributed by atoms with Crippen LogP contribution >= 0.6 is 22.7 Å². The van der Waals surface area contributed by atoms with Crippen molar-refractivity contribution in [1.82, 2.24) is 0 Å². The van der Waals surface area contributed by atoms with Crippen LogP contribution in [0.1, 0.15) is 38.8 Å². The Morgan fingerprint density at radius 1 is 1.40 bits per heavy atom. The average molecular weight is 305 g/mol. The standard InChI is InChI=1S/C14H15N3OS2/c1-7(2)17-14-9(6-15)11(16)13(20-14)12(18)10-5-4-8(3)19-10/h4-5,7,17H,16H2,1-3H3. The summed E-state index contributed by atoms with van der Waals surface area (Å²) in [5.74, 6) is -0.112. The van der Waals surface area contributed by atoms with Crippen LogP contribution in [0.15, 0.2) is 12.1 Å². The number of nitriles is 1. The molecule has 0 aliphatic rings. The van der Waals surface area contributed by atoms with Crippen LogP contribution in [0.2, 0.25) is 0 Å². The van der Waals surface area contributed by atoms with E-state index in [1.54, 1.807) is 6.07 Å². The van der Waals surface area contributed by atoms with E-state index in [1.807, 2.05) is 26.8 Å². The number of thiophene rings is 2. The lowest BCUT2D eigenvalue weighted by Crippen LogP contribution is -2.09. The molecular weight excluding hydrogens is 290 g/mol. The Morgan fingerprint density at radius 3 is 2.60 bits per heavy atom. The van der Waals surface area contributed by atoms with Crippen molar-refractivity contribution in [2.24, 2.45) is 0 Å². The van der Waals surface area contributed by atoms with Gasteiger partial charge in [0.15, 0.2) is 0 Å². The number of nitrogen functional groups attached to an aromatic ring is 1. The van der Waals surface area contributed by atoms with Crippen molar-refractivity contribution in [1.29, 1.82) is 5.26 Å². The van der Waals surface area contributed by atoms with Crippen LogP contribution in [0.5, 0.6) is 0 Å². The molecule has 104 valence electrons. The van der Waals surface area contributed by atoms with Gasteiger partial charge in [-0.1, -0.05) is 0 Å². The number of aryl methyl sites for hydroxylation is 1. The number of nitrogens with two attached hydrogens (primary N) is 1. The summed E-state index contributed by atoms with van der Waals surface area (Å²) in [5.41, 5.74) is 6.60. The van der Waals surface area contributed by atoms with Crippen LogP contribution in [0.25, 0.3) is 0 Å². The molecule has 0 aliphatic heterocycles. The van der Waals surface area contributed by atoms with Crippen molar-refractivity contribution < 1.29 is 4.79 Å². The molecule has 0 spiro atoms. The second kappa shape index (κ2) is 5.65. The zero-order valence-corrected chi connectivity index (χ0v) is 13.1. The van der Waals surface area contributed by atoms with Crippen LogP contribution in [-0.2, 0) is 0 Å². The summed E-state index contributed by atoms with van der Waals surface area (Å²) in [6.07, 6.45) is 0. The third-order valence-electron chi connectivity index (χ3n) is 2.65. The molecule has 6 heteroatoms. The van der Waals surface area contributed by atoms with E-state index in [0.717, 1.165) is 4.88 Å². The predicted octanol–water partition coefficient (Wildman–Crippen LogP) is 3.62. The van der Waals surface area contributed by atoms with Gasteiger partial charge in [-0.25, -0.2) is 0 Å². The first-order valence-electron chi connectivity index (χ1n) is 6.14. The Labute approximate surface area is 125 Å². The number of anilines is 2. The summed E-state index contributed by atoms with van der Waals surface area (Å²) in [7, 11) is 0. The molecule has 0 amide bonds. The number of rotatable bonds is 4. The van der Waals surface area contributed by atoms with Crippen LogP contribution in [0.4, 0.5) is 10.7 Å². The van der Waals surface area contributed by atoms with Gasteiger partial charge in [-0.2, -0.15) is 5.26 Å². The fourth-order valence-electron chi connectivity index (χ4n) is 1.76. The Hall–Kier alpha value is -1.84. The molecule has 0 aromatic carbocycles. The van der Waals surface area contributed by atoms with Crippen molar-refractivity contribution in [3.8, 4) is 6.07 Å². The Balaban J connectivity index is 2.45. The molecule has 0 atom stereocenters. The Kier molecular flexibility index (Phi) is 4.12. The van der Waals surface area contributed by atoms with Crippen LogP contribution in [0.3, 0.4) is 0 Å². The maximum absolute atomic E-state index is 12.5. The van der Waals surface area contributed by atoms with E-state index in [1.165, 1.54) is 22.7 Å². The third kappa shape index (κ3) is 2.69. The van der Waals surface area contributed by atoms with Gasteiger partial charge in [0.05, 0.1) is 10.6 Å². The minimum atomic E-state index is -0.112. The molecule has 2 rings (SSSR count). The zero-order chi connectivity index (χ0) is 14.9. The van der Waals surface area contributed by atoms with E-state index in [2.05, 4.69) is 11.4 Å². The van der Waals surface area contributed by atoms with Crippen LogP contribution < -0.4 is 11.1 Å². The fourth-order valence-corrected chi connectivity index (χ4v) is 3.81. The van der Waals surface area contributed by atoms with Gasteiger partial charge in [0, 0.05) is 10.9 Å². The summed E-state index contributed by atoms with van der Waals surface area (Å²) in [5, 5.41) is 13.0. The number of nitrogens with zero attached hydrogens (tertiary/aromatic N) is 1. The summed E-state index contributed by atoms with van der Waals surface area (Å²) in [6.45, 7) is 5.90. The lowest BCUT2D eigenvalue weighted by atomic mass is 10.2. The highest BCUT2D eigenvalue weighted by molar-refractivity contribution is 7.20. The summed E-state index contributed by atoms with van der Waals surface area (Å²) < 4.78 is 0. The zero-order valence-electron chi connectivity index (χ0n) is 11.5. The molecule has 4 nitrogen and oxygen atoms in total. The normalized spacial score (nSPS) is 10.6. The molecule has 0 fully saturated rings. The Bertz CT molecular complexity index is 692. The average Bonchev–Trinajstić information content (AvgIpc) is 2.92. The van der Waals surface area contributed by atoms with E-state index in [0.29, 0.717) is 20.3 Å². The lowest BCUT2D eigenvalue weighted by Gasteiger charge is -2.06. The van der Waals surface area contributed by atoms with Gasteiger partial charge in [-0.05, 0) is 32.9 Å².